The smallest absolute Gasteiger partial charge is 0.282 e. The van der Waals surface area contributed by atoms with Crippen molar-refractivity contribution in [3.8, 4) is 5.75 Å². The van der Waals surface area contributed by atoms with Crippen molar-refractivity contribution >= 4 is 11.6 Å². The molecule has 4 nitrogen and oxygen atoms in total. The number of carbonyl (C=O) groups is 1. The Morgan fingerprint density at radius 1 is 1.17 bits per heavy atom. The summed E-state index contributed by atoms with van der Waals surface area (Å²) in [7, 11) is 3.63. The summed E-state index contributed by atoms with van der Waals surface area (Å²) in [5.41, 5.74) is 3.17. The minimum Gasteiger partial charge on any atom is -0.495 e. The second-order valence-corrected chi connectivity index (χ2v) is 5.92. The van der Waals surface area contributed by atoms with E-state index in [-0.39, 0.29) is 11.9 Å². The van der Waals surface area contributed by atoms with Gasteiger partial charge in [0.05, 0.1) is 19.8 Å². The highest BCUT2D eigenvalue weighted by Gasteiger charge is 2.22. The molecule has 23 heavy (non-hydrogen) atoms. The van der Waals surface area contributed by atoms with Crippen molar-refractivity contribution in [1.29, 1.82) is 0 Å². The second kappa shape index (κ2) is 7.79. The Morgan fingerprint density at radius 2 is 1.83 bits per heavy atom. The zero-order chi connectivity index (χ0) is 16.8. The molecule has 0 bridgehead atoms. The summed E-state index contributed by atoms with van der Waals surface area (Å²) in [6.45, 7) is 4.82. The third-order valence-corrected chi connectivity index (χ3v) is 4.10. The van der Waals surface area contributed by atoms with Gasteiger partial charge in [-0.3, -0.25) is 4.79 Å². The third kappa shape index (κ3) is 4.57. The predicted octanol–water partition coefficient (Wildman–Crippen LogP) is 2.05. The average molecular weight is 313 g/mol. The summed E-state index contributed by atoms with van der Waals surface area (Å²) in [4.78, 5) is 13.6. The van der Waals surface area contributed by atoms with Crippen LogP contribution in [-0.2, 0) is 11.3 Å². The topological polar surface area (TPSA) is 42.8 Å². The number of quaternary nitrogens is 1. The van der Waals surface area contributed by atoms with Crippen LogP contribution in [0.2, 0.25) is 0 Å². The van der Waals surface area contributed by atoms with Gasteiger partial charge >= 0.3 is 0 Å². The van der Waals surface area contributed by atoms with Gasteiger partial charge in [0.2, 0.25) is 0 Å². The molecular formula is C19H25N2O2+. The van der Waals surface area contributed by atoms with Gasteiger partial charge in [-0.1, -0.05) is 42.0 Å². The van der Waals surface area contributed by atoms with Gasteiger partial charge in [0, 0.05) is 5.56 Å². The number of para-hydroxylation sites is 2. The second-order valence-electron chi connectivity index (χ2n) is 5.92. The van der Waals surface area contributed by atoms with Crippen molar-refractivity contribution < 1.29 is 14.4 Å². The SMILES string of the molecule is COc1ccccc1NC(=O)[C@@H](C)[NH+](C)Cc1ccc(C)cc1. The first-order chi connectivity index (χ1) is 11.0. The van der Waals surface area contributed by atoms with Crippen molar-refractivity contribution in [2.75, 3.05) is 19.5 Å². The van der Waals surface area contributed by atoms with Gasteiger partial charge in [-0.2, -0.15) is 0 Å². The van der Waals surface area contributed by atoms with Crippen molar-refractivity contribution in [3.05, 3.63) is 59.7 Å². The molecule has 0 aliphatic rings. The van der Waals surface area contributed by atoms with Crippen LogP contribution in [0, 0.1) is 6.92 Å². The molecule has 0 saturated heterocycles. The first kappa shape index (κ1) is 17.0. The van der Waals surface area contributed by atoms with Crippen LogP contribution in [0.1, 0.15) is 18.1 Å². The number of hydrogen-bond acceptors (Lipinski definition) is 2. The molecule has 0 aliphatic heterocycles. The Kier molecular flexibility index (Phi) is 5.77. The lowest BCUT2D eigenvalue weighted by Crippen LogP contribution is -3.12. The summed E-state index contributed by atoms with van der Waals surface area (Å²) in [5, 5.41) is 2.95. The number of benzene rings is 2. The molecule has 0 spiro atoms. The lowest BCUT2D eigenvalue weighted by molar-refractivity contribution is -0.907. The molecule has 0 saturated carbocycles. The maximum Gasteiger partial charge on any atom is 0.282 e. The van der Waals surface area contributed by atoms with Crippen molar-refractivity contribution in [2.45, 2.75) is 26.4 Å². The number of aryl methyl sites for hydroxylation is 1. The zero-order valence-corrected chi connectivity index (χ0v) is 14.2. The average Bonchev–Trinajstić information content (AvgIpc) is 2.56. The van der Waals surface area contributed by atoms with Crippen molar-refractivity contribution in [2.24, 2.45) is 0 Å². The molecule has 1 unspecified atom stereocenters. The number of methoxy groups -OCH3 is 1. The minimum atomic E-state index is -0.166. The quantitative estimate of drug-likeness (QED) is 0.857. The Balaban J connectivity index is 1.99. The van der Waals surface area contributed by atoms with E-state index >= 15 is 0 Å². The van der Waals surface area contributed by atoms with Crippen molar-refractivity contribution in [3.63, 3.8) is 0 Å². The van der Waals surface area contributed by atoms with Crippen LogP contribution in [0.25, 0.3) is 0 Å². The molecule has 0 heterocycles. The Morgan fingerprint density at radius 3 is 2.48 bits per heavy atom. The molecular weight excluding hydrogens is 288 g/mol. The lowest BCUT2D eigenvalue weighted by Gasteiger charge is -2.21. The van der Waals surface area contributed by atoms with Gasteiger partial charge in [0.1, 0.15) is 12.3 Å². The molecule has 2 N–H and O–H groups in total. The van der Waals surface area contributed by atoms with Crippen LogP contribution >= 0.6 is 0 Å². The van der Waals surface area contributed by atoms with Gasteiger partial charge in [0.15, 0.2) is 6.04 Å². The van der Waals surface area contributed by atoms with Crippen molar-refractivity contribution in [1.82, 2.24) is 0 Å². The fourth-order valence-corrected chi connectivity index (χ4v) is 2.39. The number of rotatable bonds is 6. The molecule has 0 fully saturated rings. The monoisotopic (exact) mass is 313 g/mol. The molecule has 0 radical (unpaired) electrons. The normalized spacial score (nSPS) is 13.2. The van der Waals surface area contributed by atoms with E-state index in [1.165, 1.54) is 11.1 Å². The third-order valence-electron chi connectivity index (χ3n) is 4.10. The van der Waals surface area contributed by atoms with Gasteiger partial charge in [0.25, 0.3) is 5.91 Å². The van der Waals surface area contributed by atoms with E-state index in [2.05, 4.69) is 36.5 Å². The first-order valence-electron chi connectivity index (χ1n) is 7.83. The van der Waals surface area contributed by atoms with Gasteiger partial charge < -0.3 is 15.0 Å². The van der Waals surface area contributed by atoms with E-state index < -0.39 is 0 Å². The largest absolute Gasteiger partial charge is 0.495 e. The number of nitrogens with one attached hydrogen (secondary N) is 2. The van der Waals surface area contributed by atoms with E-state index in [1.807, 2.05) is 38.2 Å². The van der Waals surface area contributed by atoms with Gasteiger partial charge in [-0.05, 0) is 26.0 Å². The molecule has 122 valence electrons. The molecule has 2 aromatic carbocycles. The molecule has 2 rings (SSSR count). The Bertz CT molecular complexity index is 653. The van der Waals surface area contributed by atoms with E-state index in [0.29, 0.717) is 11.4 Å². The Hall–Kier alpha value is -2.33. The summed E-state index contributed by atoms with van der Waals surface area (Å²) in [6.07, 6.45) is 0. The molecule has 4 heteroatoms. The highest BCUT2D eigenvalue weighted by molar-refractivity contribution is 5.94. The van der Waals surface area contributed by atoms with E-state index in [9.17, 15) is 4.79 Å². The molecule has 0 aromatic heterocycles. The number of amides is 1. The standard InChI is InChI=1S/C19H24N2O2/c1-14-9-11-16(12-10-14)13-21(3)15(2)19(22)20-17-7-5-6-8-18(17)23-4/h5-12,15H,13H2,1-4H3,(H,20,22)/p+1/t15-/m1/s1. The van der Waals surface area contributed by atoms with E-state index in [1.54, 1.807) is 7.11 Å². The number of hydrogen-bond donors (Lipinski definition) is 2. The maximum absolute atomic E-state index is 12.5. The Labute approximate surface area is 138 Å². The summed E-state index contributed by atoms with van der Waals surface area (Å²) in [5.74, 6) is 0.656. The number of anilines is 1. The van der Waals surface area contributed by atoms with Gasteiger partial charge in [-0.25, -0.2) is 0 Å². The van der Waals surface area contributed by atoms with E-state index in [0.717, 1.165) is 11.4 Å². The maximum atomic E-state index is 12.5. The van der Waals surface area contributed by atoms with Crippen LogP contribution in [0.4, 0.5) is 5.69 Å². The van der Waals surface area contributed by atoms with E-state index in [4.69, 9.17) is 4.74 Å². The highest BCUT2D eigenvalue weighted by Crippen LogP contribution is 2.22. The highest BCUT2D eigenvalue weighted by atomic mass is 16.5. The molecule has 0 aliphatic carbocycles. The van der Waals surface area contributed by atoms with Crippen LogP contribution < -0.4 is 15.0 Å². The lowest BCUT2D eigenvalue weighted by atomic mass is 10.1. The summed E-state index contributed by atoms with van der Waals surface area (Å²) < 4.78 is 5.27. The number of likely N-dealkylation sites (N-methyl/N-ethyl adjacent to an activating group) is 1. The fraction of sp³-hybridized carbons (Fsp3) is 0.316. The van der Waals surface area contributed by atoms with Crippen LogP contribution in [-0.4, -0.2) is 26.1 Å². The summed E-state index contributed by atoms with van der Waals surface area (Å²) >= 11 is 0. The molecule has 2 atom stereocenters. The van der Waals surface area contributed by atoms with Gasteiger partial charge in [-0.15, -0.1) is 0 Å². The first-order valence-corrected chi connectivity index (χ1v) is 7.83. The van der Waals surface area contributed by atoms with Crippen LogP contribution in [0.15, 0.2) is 48.5 Å². The predicted molar refractivity (Wildman–Crippen MR) is 92.9 cm³/mol. The zero-order valence-electron chi connectivity index (χ0n) is 14.2. The number of ether oxygens (including phenoxy) is 1. The minimum absolute atomic E-state index is 0.0147. The number of carbonyl (C=O) groups excluding carboxylic acids is 1. The molecule has 2 aromatic rings. The fourth-order valence-electron chi connectivity index (χ4n) is 2.39. The van der Waals surface area contributed by atoms with Crippen LogP contribution in [0.5, 0.6) is 5.75 Å². The molecule has 1 amide bonds. The van der Waals surface area contributed by atoms with Crippen LogP contribution in [0.3, 0.4) is 0 Å². The summed E-state index contributed by atoms with van der Waals surface area (Å²) in [6, 6.07) is 15.7.